The van der Waals surface area contributed by atoms with E-state index in [1.165, 1.54) is 0 Å². The lowest BCUT2D eigenvalue weighted by Gasteiger charge is -2.39. The number of amides is 1. The van der Waals surface area contributed by atoms with Crippen LogP contribution in [0.4, 0.5) is 5.69 Å². The van der Waals surface area contributed by atoms with Gasteiger partial charge in [-0.1, -0.05) is 18.2 Å². The van der Waals surface area contributed by atoms with E-state index in [4.69, 9.17) is 4.74 Å². The van der Waals surface area contributed by atoms with Crippen LogP contribution < -0.4 is 10.6 Å². The first-order valence-corrected chi connectivity index (χ1v) is 12.6. The van der Waals surface area contributed by atoms with Gasteiger partial charge in [-0.3, -0.25) is 23.8 Å². The zero-order chi connectivity index (χ0) is 26.1. The van der Waals surface area contributed by atoms with Gasteiger partial charge in [0, 0.05) is 57.5 Å². The van der Waals surface area contributed by atoms with Crippen molar-refractivity contribution in [2.45, 2.75) is 12.6 Å². The van der Waals surface area contributed by atoms with Gasteiger partial charge in [-0.15, -0.1) is 0 Å². The summed E-state index contributed by atoms with van der Waals surface area (Å²) >= 11 is 0. The Labute approximate surface area is 216 Å². The van der Waals surface area contributed by atoms with E-state index in [0.717, 1.165) is 64.8 Å². The Balaban J connectivity index is 1.47. The molecule has 0 radical (unpaired) electrons. The van der Waals surface area contributed by atoms with Crippen molar-refractivity contribution < 1.29 is 9.53 Å². The van der Waals surface area contributed by atoms with Crippen LogP contribution in [-0.2, 0) is 23.1 Å². The summed E-state index contributed by atoms with van der Waals surface area (Å²) < 4.78 is 8.64. The van der Waals surface area contributed by atoms with Crippen molar-refractivity contribution in [3.63, 3.8) is 0 Å². The Bertz CT molecular complexity index is 1480. The molecule has 1 unspecified atom stereocenters. The van der Waals surface area contributed by atoms with Crippen molar-refractivity contribution in [2.24, 2.45) is 7.05 Å². The van der Waals surface area contributed by atoms with Crippen LogP contribution in [0.5, 0.6) is 0 Å². The minimum absolute atomic E-state index is 0.0835. The Morgan fingerprint density at radius 2 is 1.84 bits per heavy atom. The highest BCUT2D eigenvalue weighted by Crippen LogP contribution is 2.30. The molecule has 0 N–H and O–H groups in total. The molecule has 0 saturated carbocycles. The SMILES string of the molecule is COCCn1c(=O)n(C)c2cnc3ccc(-c4ccc(N(C=O)CC5CN(C)CCN5C)cc4)cc3c21. The molecule has 1 amide bonds. The summed E-state index contributed by atoms with van der Waals surface area (Å²) in [6.07, 6.45) is 2.68. The number of carbonyl (C=O) groups is 1. The van der Waals surface area contributed by atoms with Crippen LogP contribution >= 0.6 is 0 Å². The third kappa shape index (κ3) is 4.77. The zero-order valence-electron chi connectivity index (χ0n) is 21.9. The van der Waals surface area contributed by atoms with Crippen LogP contribution in [0.25, 0.3) is 33.1 Å². The average molecular weight is 503 g/mol. The van der Waals surface area contributed by atoms with Crippen molar-refractivity contribution >= 4 is 34.0 Å². The first-order valence-electron chi connectivity index (χ1n) is 12.6. The number of hydrogen-bond donors (Lipinski definition) is 0. The van der Waals surface area contributed by atoms with Crippen molar-refractivity contribution in [1.82, 2.24) is 23.9 Å². The number of benzene rings is 2. The van der Waals surface area contributed by atoms with Crippen molar-refractivity contribution in [2.75, 3.05) is 58.9 Å². The minimum Gasteiger partial charge on any atom is -0.383 e. The van der Waals surface area contributed by atoms with Crippen LogP contribution in [0.3, 0.4) is 0 Å². The van der Waals surface area contributed by atoms with Gasteiger partial charge >= 0.3 is 5.69 Å². The Morgan fingerprint density at radius 1 is 1.08 bits per heavy atom. The minimum atomic E-state index is -0.0835. The fourth-order valence-corrected chi connectivity index (χ4v) is 5.23. The summed E-state index contributed by atoms with van der Waals surface area (Å²) in [5.41, 5.74) is 5.33. The maximum absolute atomic E-state index is 12.9. The lowest BCUT2D eigenvalue weighted by Crippen LogP contribution is -2.54. The number of fused-ring (bicyclic) bond motifs is 3. The largest absolute Gasteiger partial charge is 0.383 e. The second-order valence-electron chi connectivity index (χ2n) is 9.91. The summed E-state index contributed by atoms with van der Waals surface area (Å²) in [7, 11) is 7.65. The lowest BCUT2D eigenvalue weighted by molar-refractivity contribution is -0.107. The van der Waals surface area contributed by atoms with Gasteiger partial charge in [-0.25, -0.2) is 4.79 Å². The molecule has 1 aliphatic rings. The molecule has 2 aromatic carbocycles. The van der Waals surface area contributed by atoms with Gasteiger partial charge in [-0.05, 0) is 49.5 Å². The third-order valence-electron chi connectivity index (χ3n) is 7.54. The molecule has 3 heterocycles. The van der Waals surface area contributed by atoms with E-state index in [1.54, 1.807) is 34.4 Å². The molecule has 194 valence electrons. The quantitative estimate of drug-likeness (QED) is 0.345. The number of anilines is 1. The van der Waals surface area contributed by atoms with E-state index in [-0.39, 0.29) is 5.69 Å². The Morgan fingerprint density at radius 3 is 2.57 bits per heavy atom. The average Bonchev–Trinajstić information content (AvgIpc) is 3.17. The number of imidazole rings is 1. The number of piperazine rings is 1. The van der Waals surface area contributed by atoms with Crippen molar-refractivity contribution in [1.29, 1.82) is 0 Å². The number of methoxy groups -OCH3 is 1. The molecule has 1 aliphatic heterocycles. The van der Waals surface area contributed by atoms with Crippen LogP contribution in [0.15, 0.2) is 53.5 Å². The number of aryl methyl sites for hydroxylation is 1. The number of aromatic nitrogens is 3. The van der Waals surface area contributed by atoms with Crippen LogP contribution in [0.1, 0.15) is 0 Å². The molecule has 9 nitrogen and oxygen atoms in total. The second kappa shape index (κ2) is 10.5. The summed E-state index contributed by atoms with van der Waals surface area (Å²) in [6.45, 7) is 4.55. The van der Waals surface area contributed by atoms with Crippen molar-refractivity contribution in [3.8, 4) is 11.1 Å². The van der Waals surface area contributed by atoms with Gasteiger partial charge in [-0.2, -0.15) is 0 Å². The van der Waals surface area contributed by atoms with E-state index in [9.17, 15) is 9.59 Å². The highest BCUT2D eigenvalue weighted by atomic mass is 16.5. The monoisotopic (exact) mass is 502 g/mol. The summed E-state index contributed by atoms with van der Waals surface area (Å²) in [5, 5.41) is 0.923. The van der Waals surface area contributed by atoms with Gasteiger partial charge in [0.05, 0.1) is 35.9 Å². The van der Waals surface area contributed by atoms with E-state index < -0.39 is 0 Å². The number of carbonyl (C=O) groups excluding carboxylic acids is 1. The van der Waals surface area contributed by atoms with Gasteiger partial charge in [0.1, 0.15) is 0 Å². The topological polar surface area (TPSA) is 75.8 Å². The van der Waals surface area contributed by atoms with E-state index >= 15 is 0 Å². The van der Waals surface area contributed by atoms with E-state index in [0.29, 0.717) is 25.7 Å². The fraction of sp³-hybridized carbons (Fsp3) is 0.393. The van der Waals surface area contributed by atoms with E-state index in [1.807, 2.05) is 36.4 Å². The molecule has 1 atom stereocenters. The molecule has 0 spiro atoms. The lowest BCUT2D eigenvalue weighted by atomic mass is 10.0. The predicted molar refractivity (Wildman–Crippen MR) is 147 cm³/mol. The molecule has 4 aromatic rings. The standard InChI is InChI=1S/C28H34N6O3/c1-30-11-12-31(2)23(17-30)18-33(19-35)22-8-5-20(6-9-22)21-7-10-25-24(15-21)27-26(16-29-25)32(3)28(36)34(27)13-14-37-4/h5-10,15-16,19,23H,11-14,17-18H2,1-4H3. The smallest absolute Gasteiger partial charge is 0.328 e. The first-order chi connectivity index (χ1) is 17.9. The van der Waals surface area contributed by atoms with Gasteiger partial charge in [0.25, 0.3) is 0 Å². The second-order valence-corrected chi connectivity index (χ2v) is 9.91. The molecule has 0 bridgehead atoms. The highest BCUT2D eigenvalue weighted by Gasteiger charge is 2.24. The van der Waals surface area contributed by atoms with Crippen LogP contribution in [-0.4, -0.2) is 90.4 Å². The fourth-order valence-electron chi connectivity index (χ4n) is 5.23. The molecule has 5 rings (SSSR count). The number of pyridine rings is 1. The molecule has 1 fully saturated rings. The Kier molecular flexibility index (Phi) is 7.10. The third-order valence-corrected chi connectivity index (χ3v) is 7.54. The molecule has 0 aliphatic carbocycles. The first kappa shape index (κ1) is 25.1. The maximum Gasteiger partial charge on any atom is 0.328 e. The summed E-state index contributed by atoms with van der Waals surface area (Å²) in [4.78, 5) is 35.9. The molecule has 37 heavy (non-hydrogen) atoms. The number of likely N-dealkylation sites (N-methyl/N-ethyl adjacent to an activating group) is 2. The number of ether oxygens (including phenoxy) is 1. The molecular weight excluding hydrogens is 468 g/mol. The van der Waals surface area contributed by atoms with Gasteiger partial charge in [0.2, 0.25) is 6.41 Å². The summed E-state index contributed by atoms with van der Waals surface area (Å²) in [5.74, 6) is 0. The molecule has 1 saturated heterocycles. The maximum atomic E-state index is 12.9. The predicted octanol–water partition coefficient (Wildman–Crippen LogP) is 2.41. The molecular formula is C28H34N6O3. The highest BCUT2D eigenvalue weighted by molar-refractivity contribution is 6.04. The normalized spacial score (nSPS) is 17.0. The number of nitrogens with zero attached hydrogens (tertiary/aromatic N) is 6. The van der Waals surface area contributed by atoms with Crippen LogP contribution in [0.2, 0.25) is 0 Å². The number of hydrogen-bond acceptors (Lipinski definition) is 6. The zero-order valence-corrected chi connectivity index (χ0v) is 21.9. The van der Waals surface area contributed by atoms with Crippen molar-refractivity contribution in [3.05, 3.63) is 59.1 Å². The van der Waals surface area contributed by atoms with Gasteiger partial charge in [0.15, 0.2) is 0 Å². The molecule has 9 heteroatoms. The Hall–Kier alpha value is -3.53. The number of rotatable bonds is 8. The van der Waals surface area contributed by atoms with Gasteiger partial charge < -0.3 is 14.5 Å². The van der Waals surface area contributed by atoms with E-state index in [2.05, 4.69) is 34.9 Å². The molecule has 2 aromatic heterocycles. The summed E-state index contributed by atoms with van der Waals surface area (Å²) in [6, 6.07) is 14.5. The van der Waals surface area contributed by atoms with Crippen LogP contribution in [0, 0.1) is 0 Å².